The van der Waals surface area contributed by atoms with Crippen molar-refractivity contribution in [2.75, 3.05) is 18.4 Å². The number of benzene rings is 2. The summed E-state index contributed by atoms with van der Waals surface area (Å²) in [5.74, 6) is -0.485. The lowest BCUT2D eigenvalue weighted by atomic mass is 9.99. The van der Waals surface area contributed by atoms with Crippen molar-refractivity contribution >= 4 is 37.5 Å². The molecule has 0 bridgehead atoms. The minimum Gasteiger partial charge on any atom is -0.326 e. The molecule has 1 aliphatic rings. The number of amides is 1. The highest BCUT2D eigenvalue weighted by atomic mass is 79.9. The number of halogens is 1. The van der Waals surface area contributed by atoms with Gasteiger partial charge in [0.1, 0.15) is 0 Å². The van der Waals surface area contributed by atoms with Crippen molar-refractivity contribution in [2.24, 2.45) is 5.92 Å². The van der Waals surface area contributed by atoms with Crippen LogP contribution in [0.15, 0.2) is 64.0 Å². The predicted molar refractivity (Wildman–Crippen MR) is 101 cm³/mol. The molecule has 5 nitrogen and oxygen atoms in total. The summed E-state index contributed by atoms with van der Waals surface area (Å²) in [6.07, 6.45) is 1.35. The van der Waals surface area contributed by atoms with Gasteiger partial charge in [0.2, 0.25) is 15.9 Å². The maximum absolute atomic E-state index is 12.8. The Kier molecular flexibility index (Phi) is 5.56. The normalized spacial score (nSPS) is 18.7. The number of para-hydroxylation sites is 1. The fraction of sp³-hybridized carbons (Fsp3) is 0.278. The second-order valence-electron chi connectivity index (χ2n) is 6.01. The zero-order chi connectivity index (χ0) is 17.9. The Labute approximate surface area is 156 Å². The highest BCUT2D eigenvalue weighted by molar-refractivity contribution is 9.10. The highest BCUT2D eigenvalue weighted by Crippen LogP contribution is 2.25. The maximum atomic E-state index is 12.8. The molecule has 1 atom stereocenters. The van der Waals surface area contributed by atoms with Gasteiger partial charge in [-0.15, -0.1) is 0 Å². The van der Waals surface area contributed by atoms with Crippen molar-refractivity contribution < 1.29 is 13.2 Å². The standard InChI is InChI=1S/C18H19BrN2O3S/c19-15-8-10-17(11-9-15)25(23,24)21-12-4-5-14(13-21)18(22)20-16-6-2-1-3-7-16/h1-3,6-11,14H,4-5,12-13H2,(H,20,22)/t14-/m1/s1. The van der Waals surface area contributed by atoms with Gasteiger partial charge in [-0.05, 0) is 49.2 Å². The third-order valence-corrected chi connectivity index (χ3v) is 6.66. The third-order valence-electron chi connectivity index (χ3n) is 4.25. The minimum absolute atomic E-state index is 0.137. The SMILES string of the molecule is O=C(Nc1ccccc1)[C@@H]1CCCN(S(=O)(=O)c2ccc(Br)cc2)C1. The Bertz CT molecular complexity index is 838. The van der Waals surface area contributed by atoms with Crippen molar-refractivity contribution in [1.82, 2.24) is 4.31 Å². The second kappa shape index (κ2) is 7.68. The number of nitrogens with one attached hydrogen (secondary N) is 1. The first kappa shape index (κ1) is 18.1. The Morgan fingerprint density at radius 1 is 1.08 bits per heavy atom. The molecule has 0 aliphatic carbocycles. The smallest absolute Gasteiger partial charge is 0.243 e. The number of hydrogen-bond acceptors (Lipinski definition) is 3. The molecule has 132 valence electrons. The number of rotatable bonds is 4. The topological polar surface area (TPSA) is 66.5 Å². The molecule has 1 heterocycles. The molecular weight excluding hydrogens is 404 g/mol. The van der Waals surface area contributed by atoms with Gasteiger partial charge < -0.3 is 5.32 Å². The molecule has 0 aromatic heterocycles. The van der Waals surface area contributed by atoms with E-state index in [1.165, 1.54) is 4.31 Å². The third kappa shape index (κ3) is 4.29. The van der Waals surface area contributed by atoms with Crippen LogP contribution < -0.4 is 5.32 Å². The van der Waals surface area contributed by atoms with Gasteiger partial charge >= 0.3 is 0 Å². The van der Waals surface area contributed by atoms with Crippen molar-refractivity contribution in [3.05, 3.63) is 59.1 Å². The van der Waals surface area contributed by atoms with Crippen LogP contribution in [0.3, 0.4) is 0 Å². The van der Waals surface area contributed by atoms with Crippen LogP contribution in [-0.4, -0.2) is 31.7 Å². The van der Waals surface area contributed by atoms with E-state index in [0.29, 0.717) is 19.4 Å². The van der Waals surface area contributed by atoms with Crippen molar-refractivity contribution in [3.63, 3.8) is 0 Å². The van der Waals surface area contributed by atoms with E-state index in [2.05, 4.69) is 21.2 Å². The molecule has 2 aromatic rings. The first-order valence-corrected chi connectivity index (χ1v) is 10.3. The minimum atomic E-state index is -3.59. The summed E-state index contributed by atoms with van der Waals surface area (Å²) < 4.78 is 27.8. The first-order chi connectivity index (χ1) is 12.0. The molecule has 2 aromatic carbocycles. The fourth-order valence-electron chi connectivity index (χ4n) is 2.90. The van der Waals surface area contributed by atoms with E-state index in [0.717, 1.165) is 10.2 Å². The molecule has 1 saturated heterocycles. The summed E-state index contributed by atoms with van der Waals surface area (Å²) in [5.41, 5.74) is 0.723. The number of piperidine rings is 1. The average Bonchev–Trinajstić information content (AvgIpc) is 2.63. The lowest BCUT2D eigenvalue weighted by Crippen LogP contribution is -2.43. The van der Waals surface area contributed by atoms with Gasteiger partial charge in [0, 0.05) is 23.2 Å². The van der Waals surface area contributed by atoms with Crippen molar-refractivity contribution in [2.45, 2.75) is 17.7 Å². The van der Waals surface area contributed by atoms with Crippen molar-refractivity contribution in [1.29, 1.82) is 0 Å². The molecule has 0 saturated carbocycles. The number of hydrogen-bond donors (Lipinski definition) is 1. The summed E-state index contributed by atoms with van der Waals surface area (Å²) >= 11 is 3.31. The van der Waals surface area contributed by atoms with E-state index >= 15 is 0 Å². The van der Waals surface area contributed by atoms with Gasteiger partial charge in [0.05, 0.1) is 10.8 Å². The van der Waals surface area contributed by atoms with Gasteiger partial charge in [-0.25, -0.2) is 8.42 Å². The van der Waals surface area contributed by atoms with E-state index in [9.17, 15) is 13.2 Å². The van der Waals surface area contributed by atoms with Gasteiger partial charge in [-0.3, -0.25) is 4.79 Å². The molecule has 0 spiro atoms. The Balaban J connectivity index is 1.72. The van der Waals surface area contributed by atoms with E-state index < -0.39 is 10.0 Å². The molecule has 0 unspecified atom stereocenters. The molecule has 25 heavy (non-hydrogen) atoms. The van der Waals surface area contributed by atoms with Gasteiger partial charge in [-0.2, -0.15) is 4.31 Å². The van der Waals surface area contributed by atoms with Crippen LogP contribution >= 0.6 is 15.9 Å². The van der Waals surface area contributed by atoms with Crippen LogP contribution in [0.25, 0.3) is 0 Å². The number of sulfonamides is 1. The molecule has 0 radical (unpaired) electrons. The van der Waals surface area contributed by atoms with Crippen LogP contribution in [-0.2, 0) is 14.8 Å². The van der Waals surface area contributed by atoms with Crippen LogP contribution in [0, 0.1) is 5.92 Å². The zero-order valence-electron chi connectivity index (χ0n) is 13.6. The van der Waals surface area contributed by atoms with E-state index in [4.69, 9.17) is 0 Å². The number of carbonyl (C=O) groups is 1. The van der Waals surface area contributed by atoms with Gasteiger partial charge in [0.25, 0.3) is 0 Å². The highest BCUT2D eigenvalue weighted by Gasteiger charge is 2.33. The molecule has 1 aliphatic heterocycles. The summed E-state index contributed by atoms with van der Waals surface area (Å²) in [6.45, 7) is 0.643. The van der Waals surface area contributed by atoms with Crippen LogP contribution in [0.2, 0.25) is 0 Å². The molecule has 1 fully saturated rings. The summed E-state index contributed by atoms with van der Waals surface area (Å²) in [4.78, 5) is 12.7. The van der Waals surface area contributed by atoms with Crippen molar-refractivity contribution in [3.8, 4) is 0 Å². The average molecular weight is 423 g/mol. The maximum Gasteiger partial charge on any atom is 0.243 e. The fourth-order valence-corrected chi connectivity index (χ4v) is 4.68. The van der Waals surface area contributed by atoms with E-state index in [1.807, 2.05) is 30.3 Å². The predicted octanol–water partition coefficient (Wildman–Crippen LogP) is 3.49. The summed E-state index contributed by atoms with van der Waals surface area (Å²) in [6, 6.07) is 15.8. The largest absolute Gasteiger partial charge is 0.326 e. The Hall–Kier alpha value is -1.70. The lowest BCUT2D eigenvalue weighted by Gasteiger charge is -2.31. The first-order valence-electron chi connectivity index (χ1n) is 8.08. The Morgan fingerprint density at radius 3 is 2.44 bits per heavy atom. The van der Waals surface area contributed by atoms with E-state index in [-0.39, 0.29) is 23.3 Å². The molecular formula is C18H19BrN2O3S. The molecule has 7 heteroatoms. The molecule has 1 amide bonds. The molecule has 3 rings (SSSR count). The zero-order valence-corrected chi connectivity index (χ0v) is 16.0. The number of carbonyl (C=O) groups excluding carboxylic acids is 1. The van der Waals surface area contributed by atoms with Gasteiger partial charge in [-0.1, -0.05) is 34.1 Å². The number of anilines is 1. The number of nitrogens with zero attached hydrogens (tertiary/aromatic N) is 1. The Morgan fingerprint density at radius 2 is 1.76 bits per heavy atom. The van der Waals surface area contributed by atoms with Gasteiger partial charge in [0.15, 0.2) is 0 Å². The monoisotopic (exact) mass is 422 g/mol. The van der Waals surface area contributed by atoms with Crippen LogP contribution in [0.1, 0.15) is 12.8 Å². The quantitative estimate of drug-likeness (QED) is 0.819. The summed E-state index contributed by atoms with van der Waals surface area (Å²) in [5, 5.41) is 2.86. The van der Waals surface area contributed by atoms with E-state index in [1.54, 1.807) is 24.3 Å². The molecule has 1 N–H and O–H groups in total. The second-order valence-corrected chi connectivity index (χ2v) is 8.87. The van der Waals surface area contributed by atoms with Crippen LogP contribution in [0.5, 0.6) is 0 Å². The van der Waals surface area contributed by atoms with Crippen LogP contribution in [0.4, 0.5) is 5.69 Å². The lowest BCUT2D eigenvalue weighted by molar-refractivity contribution is -0.120. The summed E-state index contributed by atoms with van der Waals surface area (Å²) in [7, 11) is -3.59.